The van der Waals surface area contributed by atoms with E-state index in [4.69, 9.17) is 5.73 Å². The summed E-state index contributed by atoms with van der Waals surface area (Å²) in [7, 11) is 0. The number of nitrogens with one attached hydrogen (secondary N) is 1. The van der Waals surface area contributed by atoms with Gasteiger partial charge in [0.15, 0.2) is 0 Å². The van der Waals surface area contributed by atoms with Crippen molar-refractivity contribution < 1.29 is 4.79 Å². The lowest BCUT2D eigenvalue weighted by Gasteiger charge is -2.21. The molecular weight excluding hydrogens is 264 g/mol. The van der Waals surface area contributed by atoms with E-state index in [9.17, 15) is 4.79 Å². The van der Waals surface area contributed by atoms with Gasteiger partial charge in [-0.05, 0) is 56.6 Å². The Bertz CT molecular complexity index is 697. The first-order chi connectivity index (χ1) is 10.3. The van der Waals surface area contributed by atoms with Gasteiger partial charge in [0.25, 0.3) is 5.91 Å². The Labute approximate surface area is 123 Å². The van der Waals surface area contributed by atoms with Crippen LogP contribution in [0.5, 0.6) is 0 Å². The SMILES string of the molecule is Nc1c2c(nn1C(=O)[C@H]1CCCc3[nH]ccc31)CCCC2. The highest BCUT2D eigenvalue weighted by atomic mass is 16.2. The molecule has 0 bridgehead atoms. The average Bonchev–Trinajstić information content (AvgIpc) is 3.11. The molecule has 110 valence electrons. The summed E-state index contributed by atoms with van der Waals surface area (Å²) in [6, 6.07) is 2.02. The minimum absolute atomic E-state index is 0.0300. The Morgan fingerprint density at radius 3 is 3.00 bits per heavy atom. The maximum Gasteiger partial charge on any atom is 0.256 e. The minimum Gasteiger partial charge on any atom is -0.383 e. The number of nitrogen functional groups attached to an aromatic ring is 1. The fourth-order valence-electron chi connectivity index (χ4n) is 3.75. The molecule has 4 rings (SSSR count). The zero-order chi connectivity index (χ0) is 14.4. The van der Waals surface area contributed by atoms with Gasteiger partial charge in [-0.2, -0.15) is 9.78 Å². The zero-order valence-electron chi connectivity index (χ0n) is 12.1. The topological polar surface area (TPSA) is 76.7 Å². The number of H-pyrrole nitrogens is 1. The second-order valence-electron chi connectivity index (χ2n) is 6.12. The molecule has 21 heavy (non-hydrogen) atoms. The molecule has 2 aliphatic carbocycles. The molecule has 0 radical (unpaired) electrons. The molecule has 5 heteroatoms. The largest absolute Gasteiger partial charge is 0.383 e. The van der Waals surface area contributed by atoms with Crippen molar-refractivity contribution in [2.75, 3.05) is 5.73 Å². The lowest BCUT2D eigenvalue weighted by molar-refractivity contribution is 0.0854. The number of nitrogens with two attached hydrogens (primary N) is 1. The van der Waals surface area contributed by atoms with Gasteiger partial charge in [-0.15, -0.1) is 0 Å². The number of fused-ring (bicyclic) bond motifs is 2. The predicted molar refractivity (Wildman–Crippen MR) is 80.4 cm³/mol. The molecule has 5 nitrogen and oxygen atoms in total. The highest BCUT2D eigenvalue weighted by Crippen LogP contribution is 2.34. The van der Waals surface area contributed by atoms with Crippen LogP contribution in [0.3, 0.4) is 0 Å². The summed E-state index contributed by atoms with van der Waals surface area (Å²) in [5.74, 6) is 0.489. The van der Waals surface area contributed by atoms with Crippen LogP contribution in [0.15, 0.2) is 12.3 Å². The van der Waals surface area contributed by atoms with Crippen molar-refractivity contribution in [1.82, 2.24) is 14.8 Å². The van der Waals surface area contributed by atoms with Crippen molar-refractivity contribution in [3.63, 3.8) is 0 Å². The van der Waals surface area contributed by atoms with Crippen LogP contribution < -0.4 is 5.73 Å². The first-order valence-corrected chi connectivity index (χ1v) is 7.82. The molecule has 0 aromatic carbocycles. The first-order valence-electron chi connectivity index (χ1n) is 7.82. The van der Waals surface area contributed by atoms with Crippen molar-refractivity contribution in [2.24, 2.45) is 0 Å². The number of hydrogen-bond donors (Lipinski definition) is 2. The van der Waals surface area contributed by atoms with Crippen molar-refractivity contribution in [3.05, 3.63) is 34.8 Å². The lowest BCUT2D eigenvalue weighted by Crippen LogP contribution is -2.25. The molecule has 0 spiro atoms. The summed E-state index contributed by atoms with van der Waals surface area (Å²) in [5, 5.41) is 4.51. The van der Waals surface area contributed by atoms with Crippen molar-refractivity contribution in [3.8, 4) is 0 Å². The van der Waals surface area contributed by atoms with Crippen LogP contribution in [0, 0.1) is 0 Å². The van der Waals surface area contributed by atoms with Gasteiger partial charge in [0.2, 0.25) is 0 Å². The Balaban J connectivity index is 1.72. The number of aromatic amines is 1. The third kappa shape index (κ3) is 1.91. The summed E-state index contributed by atoms with van der Waals surface area (Å²) in [4.78, 5) is 16.1. The van der Waals surface area contributed by atoms with Gasteiger partial charge in [-0.1, -0.05) is 0 Å². The van der Waals surface area contributed by atoms with Gasteiger partial charge >= 0.3 is 0 Å². The van der Waals surface area contributed by atoms with Gasteiger partial charge in [-0.3, -0.25) is 4.79 Å². The molecule has 0 fully saturated rings. The quantitative estimate of drug-likeness (QED) is 0.844. The minimum atomic E-state index is -0.108. The number of anilines is 1. The molecule has 2 aromatic rings. The summed E-state index contributed by atoms with van der Waals surface area (Å²) in [6.45, 7) is 0. The second-order valence-corrected chi connectivity index (χ2v) is 6.12. The lowest BCUT2D eigenvalue weighted by atomic mass is 9.86. The molecule has 2 aromatic heterocycles. The number of carbonyl (C=O) groups excluding carboxylic acids is 1. The number of hydrogen-bond acceptors (Lipinski definition) is 3. The molecule has 0 unspecified atom stereocenters. The molecule has 3 N–H and O–H groups in total. The fourth-order valence-corrected chi connectivity index (χ4v) is 3.75. The molecule has 0 saturated carbocycles. The molecule has 0 amide bonds. The smallest absolute Gasteiger partial charge is 0.256 e. The van der Waals surface area contributed by atoms with Crippen molar-refractivity contribution in [1.29, 1.82) is 0 Å². The Morgan fingerprint density at radius 2 is 2.14 bits per heavy atom. The van der Waals surface area contributed by atoms with Gasteiger partial charge in [0.05, 0.1) is 11.6 Å². The van der Waals surface area contributed by atoms with Gasteiger partial charge in [-0.25, -0.2) is 0 Å². The maximum absolute atomic E-state index is 12.9. The van der Waals surface area contributed by atoms with E-state index in [1.54, 1.807) is 0 Å². The van der Waals surface area contributed by atoms with E-state index in [0.717, 1.165) is 61.8 Å². The van der Waals surface area contributed by atoms with Crippen LogP contribution in [-0.4, -0.2) is 20.7 Å². The van der Waals surface area contributed by atoms with E-state index in [1.807, 2.05) is 12.3 Å². The number of rotatable bonds is 1. The fraction of sp³-hybridized carbons (Fsp3) is 0.500. The van der Waals surface area contributed by atoms with Crippen LogP contribution in [0.2, 0.25) is 0 Å². The van der Waals surface area contributed by atoms with Gasteiger partial charge in [0, 0.05) is 17.5 Å². The Morgan fingerprint density at radius 1 is 1.29 bits per heavy atom. The second kappa shape index (κ2) is 4.76. The summed E-state index contributed by atoms with van der Waals surface area (Å²) in [6.07, 6.45) is 9.04. The highest BCUT2D eigenvalue weighted by molar-refractivity contribution is 5.88. The van der Waals surface area contributed by atoms with E-state index >= 15 is 0 Å². The molecule has 1 atom stereocenters. The van der Waals surface area contributed by atoms with Crippen LogP contribution in [0.1, 0.15) is 58.9 Å². The van der Waals surface area contributed by atoms with Crippen LogP contribution in [0.4, 0.5) is 5.82 Å². The summed E-state index contributed by atoms with van der Waals surface area (Å²) in [5.41, 5.74) is 10.6. The third-order valence-electron chi connectivity index (χ3n) is 4.87. The molecular formula is C16H20N4O. The Kier molecular flexibility index (Phi) is 2.87. The number of aromatic nitrogens is 3. The standard InChI is InChI=1S/C16H20N4O/c17-15-12-4-1-2-6-14(12)19-20(15)16(21)11-5-3-7-13-10(11)8-9-18-13/h8-9,11,18H,1-7,17H2/t11-/m0/s1. The average molecular weight is 284 g/mol. The van der Waals surface area contributed by atoms with Gasteiger partial charge < -0.3 is 10.7 Å². The summed E-state index contributed by atoms with van der Waals surface area (Å²) < 4.78 is 1.47. The monoisotopic (exact) mass is 284 g/mol. The highest BCUT2D eigenvalue weighted by Gasteiger charge is 2.31. The van der Waals surface area contributed by atoms with E-state index in [2.05, 4.69) is 10.1 Å². The number of aryl methyl sites for hydroxylation is 2. The maximum atomic E-state index is 12.9. The first kappa shape index (κ1) is 12.7. The van der Waals surface area contributed by atoms with Crippen LogP contribution >= 0.6 is 0 Å². The molecule has 0 saturated heterocycles. The van der Waals surface area contributed by atoms with Gasteiger partial charge in [0.1, 0.15) is 5.82 Å². The van der Waals surface area contributed by atoms with E-state index in [1.165, 1.54) is 10.4 Å². The van der Waals surface area contributed by atoms with Crippen molar-refractivity contribution >= 4 is 11.7 Å². The molecule has 2 aliphatic rings. The van der Waals surface area contributed by atoms with E-state index in [0.29, 0.717) is 5.82 Å². The normalized spacial score (nSPS) is 20.9. The number of carbonyl (C=O) groups is 1. The Hall–Kier alpha value is -2.04. The van der Waals surface area contributed by atoms with Crippen LogP contribution in [0.25, 0.3) is 0 Å². The van der Waals surface area contributed by atoms with E-state index < -0.39 is 0 Å². The zero-order valence-corrected chi connectivity index (χ0v) is 12.1. The van der Waals surface area contributed by atoms with Crippen molar-refractivity contribution in [2.45, 2.75) is 50.9 Å². The predicted octanol–water partition coefficient (Wildman–Crippen LogP) is 2.43. The summed E-state index contributed by atoms with van der Waals surface area (Å²) >= 11 is 0. The third-order valence-corrected chi connectivity index (χ3v) is 4.87. The number of nitrogens with zero attached hydrogens (tertiary/aromatic N) is 2. The molecule has 0 aliphatic heterocycles. The molecule has 2 heterocycles. The van der Waals surface area contributed by atoms with E-state index in [-0.39, 0.29) is 11.8 Å². The van der Waals surface area contributed by atoms with Crippen LogP contribution in [-0.2, 0) is 19.3 Å².